The van der Waals surface area contributed by atoms with Crippen molar-refractivity contribution in [2.24, 2.45) is 0 Å². The lowest BCUT2D eigenvalue weighted by atomic mass is 9.94. The summed E-state index contributed by atoms with van der Waals surface area (Å²) in [6.45, 7) is 0.564. The Morgan fingerprint density at radius 3 is 2.44 bits per heavy atom. The fourth-order valence-corrected chi connectivity index (χ4v) is 4.26. The van der Waals surface area contributed by atoms with Crippen LogP contribution in [0.1, 0.15) is 40.4 Å². The number of piperidine rings is 1. The van der Waals surface area contributed by atoms with Crippen LogP contribution in [-0.4, -0.2) is 59.4 Å². The number of nitrogens with zero attached hydrogens (tertiary/aromatic N) is 4. The molecule has 0 unspecified atom stereocenters. The molecule has 184 valence electrons. The molecule has 3 heterocycles. The number of halogens is 5. The molecule has 1 amide bonds. The second-order valence-electron chi connectivity index (χ2n) is 8.41. The number of alkyl halides is 5. The highest BCUT2D eigenvalue weighted by Crippen LogP contribution is 2.37. The smallest absolute Gasteiger partial charge is 0.383 e. The summed E-state index contributed by atoms with van der Waals surface area (Å²) in [5.41, 5.74) is 10.4. The van der Waals surface area contributed by atoms with Crippen LogP contribution >= 0.6 is 0 Å². The minimum Gasteiger partial charge on any atom is -0.383 e. The number of anilines is 3. The zero-order chi connectivity index (χ0) is 24.7. The normalized spacial score (nSPS) is 20.9. The van der Waals surface area contributed by atoms with Crippen molar-refractivity contribution < 1.29 is 26.7 Å². The third-order valence-corrected chi connectivity index (χ3v) is 6.01. The minimum atomic E-state index is -4.65. The monoisotopic (exact) mass is 485 g/mol. The van der Waals surface area contributed by atoms with E-state index >= 15 is 0 Å². The van der Waals surface area contributed by atoms with Crippen molar-refractivity contribution in [3.05, 3.63) is 41.0 Å². The lowest BCUT2D eigenvalue weighted by Gasteiger charge is -2.36. The van der Waals surface area contributed by atoms with Gasteiger partial charge in [-0.15, -0.1) is 0 Å². The topological polar surface area (TPSA) is 113 Å². The highest BCUT2D eigenvalue weighted by molar-refractivity contribution is 5.94. The standard InChI is InChI=1S/C21H24F5N7O/c22-20(23)3-6-32(7-4-20)18(34)12-1-2-14(21(24,25)26)13(9-12)15-11-33(8-5-29-15)17-10-16(27)30-19(28)31-17/h1-2,9-10,15,29H,3-8,11H2,(H4,27,28,30,31)/t15-/m1/s1. The quantitative estimate of drug-likeness (QED) is 0.573. The van der Waals surface area contributed by atoms with Gasteiger partial charge in [0.05, 0.1) is 11.6 Å². The number of hydrogen-bond donors (Lipinski definition) is 3. The number of piperazine rings is 1. The molecule has 0 aliphatic carbocycles. The molecule has 2 fully saturated rings. The molecule has 1 atom stereocenters. The molecule has 4 rings (SSSR count). The zero-order valence-corrected chi connectivity index (χ0v) is 18.1. The molecule has 8 nitrogen and oxygen atoms in total. The molecule has 5 N–H and O–H groups in total. The molecular weight excluding hydrogens is 461 g/mol. The Hall–Kier alpha value is -3.22. The van der Waals surface area contributed by atoms with E-state index in [0.717, 1.165) is 12.1 Å². The average Bonchev–Trinajstić information content (AvgIpc) is 2.77. The molecule has 0 saturated carbocycles. The van der Waals surface area contributed by atoms with Gasteiger partial charge < -0.3 is 26.6 Å². The van der Waals surface area contributed by atoms with E-state index in [-0.39, 0.29) is 42.5 Å². The Morgan fingerprint density at radius 1 is 1.09 bits per heavy atom. The van der Waals surface area contributed by atoms with E-state index in [1.807, 2.05) is 0 Å². The minimum absolute atomic E-state index is 0.0164. The van der Waals surface area contributed by atoms with Crippen molar-refractivity contribution in [2.75, 3.05) is 49.1 Å². The molecule has 13 heteroatoms. The number of amides is 1. The van der Waals surface area contributed by atoms with Crippen LogP contribution in [0.15, 0.2) is 24.3 Å². The van der Waals surface area contributed by atoms with Crippen molar-refractivity contribution in [2.45, 2.75) is 31.0 Å². The largest absolute Gasteiger partial charge is 0.416 e. The number of carbonyl (C=O) groups is 1. The highest BCUT2D eigenvalue weighted by Gasteiger charge is 2.39. The van der Waals surface area contributed by atoms with Crippen LogP contribution < -0.4 is 21.7 Å². The fourth-order valence-electron chi connectivity index (χ4n) is 4.26. The van der Waals surface area contributed by atoms with Gasteiger partial charge in [0.25, 0.3) is 11.8 Å². The molecule has 0 spiro atoms. The van der Waals surface area contributed by atoms with Gasteiger partial charge in [0.2, 0.25) is 5.95 Å². The molecule has 2 aliphatic rings. The summed E-state index contributed by atoms with van der Waals surface area (Å²) in [6.07, 6.45) is -5.61. The molecule has 2 aliphatic heterocycles. The molecule has 0 radical (unpaired) electrons. The summed E-state index contributed by atoms with van der Waals surface area (Å²) >= 11 is 0. The summed E-state index contributed by atoms with van der Waals surface area (Å²) < 4.78 is 68.4. The third kappa shape index (κ3) is 5.13. The summed E-state index contributed by atoms with van der Waals surface area (Å²) in [4.78, 5) is 23.8. The number of carbonyl (C=O) groups excluding carboxylic acids is 1. The van der Waals surface area contributed by atoms with Gasteiger partial charge in [-0.05, 0) is 23.8 Å². The van der Waals surface area contributed by atoms with Crippen molar-refractivity contribution in [3.8, 4) is 0 Å². The van der Waals surface area contributed by atoms with E-state index in [1.54, 1.807) is 4.90 Å². The Labute approximate surface area is 192 Å². The maximum absolute atomic E-state index is 13.8. The summed E-state index contributed by atoms with van der Waals surface area (Å²) in [5, 5.41) is 3.06. The van der Waals surface area contributed by atoms with E-state index < -0.39 is 42.5 Å². The van der Waals surface area contributed by atoms with Gasteiger partial charge in [-0.25, -0.2) is 8.78 Å². The number of aromatic nitrogens is 2. The first-order chi connectivity index (χ1) is 15.9. The van der Waals surface area contributed by atoms with Crippen LogP contribution in [0.5, 0.6) is 0 Å². The van der Waals surface area contributed by atoms with Crippen LogP contribution in [0.25, 0.3) is 0 Å². The summed E-state index contributed by atoms with van der Waals surface area (Å²) in [5.74, 6) is -2.96. The lowest BCUT2D eigenvalue weighted by molar-refractivity contribution is -0.138. The summed E-state index contributed by atoms with van der Waals surface area (Å²) in [7, 11) is 0. The van der Waals surface area contributed by atoms with E-state index in [1.165, 1.54) is 17.0 Å². The van der Waals surface area contributed by atoms with Gasteiger partial charge in [-0.2, -0.15) is 23.1 Å². The first kappa shape index (κ1) is 23.9. The second kappa shape index (κ2) is 8.85. The average molecular weight is 485 g/mol. The Morgan fingerprint density at radius 2 is 1.79 bits per heavy atom. The van der Waals surface area contributed by atoms with Gasteiger partial charge in [0.15, 0.2) is 0 Å². The fraction of sp³-hybridized carbons (Fsp3) is 0.476. The predicted octanol–water partition coefficient (Wildman–Crippen LogP) is 2.68. The number of nitrogens with one attached hydrogen (secondary N) is 1. The second-order valence-corrected chi connectivity index (χ2v) is 8.41. The van der Waals surface area contributed by atoms with Gasteiger partial charge in [-0.3, -0.25) is 4.79 Å². The van der Waals surface area contributed by atoms with Gasteiger partial charge >= 0.3 is 6.18 Å². The molecular formula is C21H24F5N7O. The lowest BCUT2D eigenvalue weighted by Crippen LogP contribution is -2.47. The maximum Gasteiger partial charge on any atom is 0.416 e. The van der Waals surface area contributed by atoms with E-state index in [2.05, 4.69) is 15.3 Å². The number of hydrogen-bond acceptors (Lipinski definition) is 7. The Kier molecular flexibility index (Phi) is 6.23. The number of nitrogen functional groups attached to an aromatic ring is 2. The Bertz CT molecular complexity index is 1050. The number of rotatable bonds is 3. The van der Waals surface area contributed by atoms with Gasteiger partial charge in [0.1, 0.15) is 11.6 Å². The molecule has 2 aromatic rings. The predicted molar refractivity (Wildman–Crippen MR) is 115 cm³/mol. The van der Waals surface area contributed by atoms with Crippen LogP contribution in [0.3, 0.4) is 0 Å². The van der Waals surface area contributed by atoms with Crippen LogP contribution in [-0.2, 0) is 6.18 Å². The number of likely N-dealkylation sites (tertiary alicyclic amines) is 1. The van der Waals surface area contributed by atoms with Crippen molar-refractivity contribution in [1.82, 2.24) is 20.2 Å². The third-order valence-electron chi connectivity index (χ3n) is 6.01. The van der Waals surface area contributed by atoms with Gasteiger partial charge in [-0.1, -0.05) is 0 Å². The first-order valence-electron chi connectivity index (χ1n) is 10.7. The van der Waals surface area contributed by atoms with Crippen molar-refractivity contribution >= 4 is 23.5 Å². The zero-order valence-electron chi connectivity index (χ0n) is 18.1. The van der Waals surface area contributed by atoms with E-state index in [0.29, 0.717) is 18.9 Å². The molecule has 1 aromatic carbocycles. The van der Waals surface area contributed by atoms with Crippen LogP contribution in [0.4, 0.5) is 39.5 Å². The Balaban J connectivity index is 1.63. The highest BCUT2D eigenvalue weighted by atomic mass is 19.4. The SMILES string of the molecule is Nc1cc(N2CCN[C@@H](c3cc(C(=O)N4CCC(F)(F)CC4)ccc3C(F)(F)F)C2)nc(N)n1. The first-order valence-corrected chi connectivity index (χ1v) is 10.7. The van der Waals surface area contributed by atoms with Crippen LogP contribution in [0.2, 0.25) is 0 Å². The van der Waals surface area contributed by atoms with E-state index in [9.17, 15) is 26.7 Å². The number of nitrogens with two attached hydrogens (primary N) is 2. The van der Waals surface area contributed by atoms with Crippen molar-refractivity contribution in [1.29, 1.82) is 0 Å². The van der Waals surface area contributed by atoms with Gasteiger partial charge in [0, 0.05) is 57.2 Å². The van der Waals surface area contributed by atoms with E-state index in [4.69, 9.17) is 11.5 Å². The summed E-state index contributed by atoms with van der Waals surface area (Å²) in [6, 6.07) is 3.84. The molecule has 0 bridgehead atoms. The van der Waals surface area contributed by atoms with Crippen molar-refractivity contribution in [3.63, 3.8) is 0 Å². The maximum atomic E-state index is 13.8. The molecule has 2 saturated heterocycles. The molecule has 1 aromatic heterocycles. The number of benzene rings is 1. The van der Waals surface area contributed by atoms with Crippen LogP contribution in [0, 0.1) is 0 Å². The molecule has 34 heavy (non-hydrogen) atoms.